The van der Waals surface area contributed by atoms with Crippen LogP contribution >= 0.6 is 0 Å². The summed E-state index contributed by atoms with van der Waals surface area (Å²) in [7, 11) is 0. The Kier molecular flexibility index (Phi) is 10.4. The lowest BCUT2D eigenvalue weighted by molar-refractivity contribution is 0.628. The van der Waals surface area contributed by atoms with Crippen LogP contribution < -0.4 is 19.6 Å². The average molecular weight is 1060 g/mol. The van der Waals surface area contributed by atoms with Crippen LogP contribution in [0.5, 0.6) is 0 Å². The van der Waals surface area contributed by atoms with Gasteiger partial charge in [-0.2, -0.15) is 0 Å². The Morgan fingerprint density at radius 2 is 0.659 bits per heavy atom. The highest BCUT2D eigenvalue weighted by molar-refractivity contribution is 6.32. The second-order valence-corrected chi connectivity index (χ2v) is 23.0. The molecule has 0 radical (unpaired) electrons. The van der Waals surface area contributed by atoms with Crippen molar-refractivity contribution in [3.05, 3.63) is 289 Å². The van der Waals surface area contributed by atoms with Crippen LogP contribution in [0, 0.1) is 11.6 Å². The Morgan fingerprint density at radius 1 is 0.317 bits per heavy atom. The van der Waals surface area contributed by atoms with Gasteiger partial charge >= 0.3 is 0 Å². The van der Waals surface area contributed by atoms with Gasteiger partial charge in [-0.05, 0) is 154 Å². The predicted molar refractivity (Wildman–Crippen MR) is 336 cm³/mol. The zero-order valence-electron chi connectivity index (χ0n) is 45.8. The monoisotopic (exact) mass is 1060 g/mol. The molecule has 0 N–H and O–H groups in total. The van der Waals surface area contributed by atoms with E-state index in [1.165, 1.54) is 55.3 Å². The van der Waals surface area contributed by atoms with Crippen molar-refractivity contribution in [3.8, 4) is 44.5 Å². The maximum atomic E-state index is 16.3. The average Bonchev–Trinajstić information content (AvgIpc) is 1.61. The molecule has 4 aliphatic rings. The van der Waals surface area contributed by atoms with E-state index in [-0.39, 0.29) is 11.6 Å². The van der Waals surface area contributed by atoms with E-state index >= 15 is 8.78 Å². The van der Waals surface area contributed by atoms with Crippen LogP contribution in [0.3, 0.4) is 0 Å². The molecule has 12 aromatic carbocycles. The van der Waals surface area contributed by atoms with Crippen LogP contribution in [0.4, 0.5) is 77.0 Å². The summed E-state index contributed by atoms with van der Waals surface area (Å²) in [5, 5.41) is 2.40. The molecule has 2 aliphatic heterocycles. The molecule has 0 fully saturated rings. The number of rotatable bonds is 8. The molecule has 2 heterocycles. The zero-order chi connectivity index (χ0) is 55.2. The van der Waals surface area contributed by atoms with Crippen LogP contribution in [-0.4, -0.2) is 0 Å². The largest absolute Gasteiger partial charge is 0.309 e. The first kappa shape index (κ1) is 47.9. The summed E-state index contributed by atoms with van der Waals surface area (Å²) in [5.41, 5.74) is 24.2. The summed E-state index contributed by atoms with van der Waals surface area (Å²) >= 11 is 0. The summed E-state index contributed by atoms with van der Waals surface area (Å²) in [4.78, 5) is 9.20. The molecule has 0 spiro atoms. The minimum atomic E-state index is -0.598. The molecule has 2 aliphatic carbocycles. The molecule has 0 unspecified atom stereocenters. The number of anilines is 12. The Balaban J connectivity index is 1.07. The number of halogens is 2. The third-order valence-corrected chi connectivity index (χ3v) is 17.9. The minimum absolute atomic E-state index is 0.293. The number of benzene rings is 12. The van der Waals surface area contributed by atoms with Crippen LogP contribution in [0.25, 0.3) is 55.3 Å². The van der Waals surface area contributed by atoms with Gasteiger partial charge in [0, 0.05) is 78.0 Å². The van der Waals surface area contributed by atoms with Gasteiger partial charge in [0.15, 0.2) is 0 Å². The Labute approximate surface area is 476 Å². The number of hydrogen-bond donors (Lipinski definition) is 0. The summed E-state index contributed by atoms with van der Waals surface area (Å²) < 4.78 is 32.6. The molecule has 82 heavy (non-hydrogen) atoms. The van der Waals surface area contributed by atoms with Gasteiger partial charge in [0.1, 0.15) is 11.6 Å². The lowest BCUT2D eigenvalue weighted by Gasteiger charge is -2.44. The van der Waals surface area contributed by atoms with Crippen molar-refractivity contribution < 1.29 is 8.78 Å². The highest BCUT2D eigenvalue weighted by Crippen LogP contribution is 2.72. The molecular formula is C76H54F2N4. The van der Waals surface area contributed by atoms with Gasteiger partial charge in [-0.25, -0.2) is 8.78 Å². The van der Waals surface area contributed by atoms with Crippen molar-refractivity contribution in [2.75, 3.05) is 19.6 Å². The van der Waals surface area contributed by atoms with Crippen molar-refractivity contribution in [1.82, 2.24) is 0 Å². The van der Waals surface area contributed by atoms with Gasteiger partial charge in [0.25, 0.3) is 0 Å². The lowest BCUT2D eigenvalue weighted by atomic mass is 9.71. The van der Waals surface area contributed by atoms with Crippen molar-refractivity contribution in [3.63, 3.8) is 0 Å². The SMILES string of the molecule is CC1(C)c2cc(N(c3ccccc3)c3ccccc3F)ccc2-c2c1c1c3c(c4c(c5c3c2-c2ccccc2N5c2ccccc2)C(C)(C)c2cc(N(c3ccccc3)c3ccccc3F)ccc2-4)-c2ccccc2N1c1ccccc1. The van der Waals surface area contributed by atoms with E-state index in [0.29, 0.717) is 11.4 Å². The van der Waals surface area contributed by atoms with Gasteiger partial charge in [-0.3, -0.25) is 0 Å². The second kappa shape index (κ2) is 17.7. The molecule has 0 bridgehead atoms. The number of fused-ring (bicyclic) bond motifs is 14. The molecule has 6 heteroatoms. The van der Waals surface area contributed by atoms with Crippen molar-refractivity contribution in [1.29, 1.82) is 0 Å². The molecule has 0 aromatic heterocycles. The van der Waals surface area contributed by atoms with Crippen molar-refractivity contribution >= 4 is 79.0 Å². The highest BCUT2D eigenvalue weighted by Gasteiger charge is 2.51. The number of para-hydroxylation sites is 8. The van der Waals surface area contributed by atoms with Gasteiger partial charge in [-0.15, -0.1) is 0 Å². The van der Waals surface area contributed by atoms with E-state index in [2.05, 4.69) is 217 Å². The first-order valence-corrected chi connectivity index (χ1v) is 28.2. The standard InChI is InChI=1S/C76H54F2N4/c1-75(2)57-45-51(79(47-25-9-5-10-26-47)63-39-23-19-35-59(63)77)41-43-53(57)67-65-55-33-17-22-38-62(55)82(50-31-15-8-16-32-50)74-70(65)69-66(56-34-18-21-37-61(56)81(73(69)71(67)75)49-29-13-7-14-30-49)68-54-44-42-52(46-58(54)76(3,4)72(68)74)80(48-27-11-6-12-28-48)64-40-24-20-36-60(64)78/h5-46H,1-4H3. The third-order valence-electron chi connectivity index (χ3n) is 17.9. The van der Waals surface area contributed by atoms with E-state index in [0.717, 1.165) is 79.1 Å². The summed E-state index contributed by atoms with van der Waals surface area (Å²) in [5.74, 6) is -0.586. The normalized spacial score (nSPS) is 14.1. The Hall–Kier alpha value is -10.0. The molecule has 0 amide bonds. The van der Waals surface area contributed by atoms with E-state index in [9.17, 15) is 0 Å². The van der Waals surface area contributed by atoms with Gasteiger partial charge in [0.2, 0.25) is 0 Å². The van der Waals surface area contributed by atoms with Gasteiger partial charge < -0.3 is 19.6 Å². The highest BCUT2D eigenvalue weighted by atomic mass is 19.1. The second-order valence-electron chi connectivity index (χ2n) is 23.0. The lowest BCUT2D eigenvalue weighted by Crippen LogP contribution is -2.27. The molecule has 12 aromatic rings. The van der Waals surface area contributed by atoms with Crippen LogP contribution in [-0.2, 0) is 10.8 Å². The predicted octanol–water partition coefficient (Wildman–Crippen LogP) is 21.6. The maximum absolute atomic E-state index is 16.3. The first-order chi connectivity index (χ1) is 40.1. The molecule has 4 nitrogen and oxygen atoms in total. The van der Waals surface area contributed by atoms with E-state index < -0.39 is 10.8 Å². The fourth-order valence-electron chi connectivity index (χ4n) is 14.5. The first-order valence-electron chi connectivity index (χ1n) is 28.2. The zero-order valence-corrected chi connectivity index (χ0v) is 45.8. The minimum Gasteiger partial charge on any atom is -0.309 e. The number of nitrogens with zero attached hydrogens (tertiary/aromatic N) is 4. The molecule has 0 atom stereocenters. The van der Waals surface area contributed by atoms with Crippen molar-refractivity contribution in [2.24, 2.45) is 0 Å². The van der Waals surface area contributed by atoms with E-state index in [1.807, 2.05) is 60.7 Å². The molecule has 0 saturated carbocycles. The van der Waals surface area contributed by atoms with Gasteiger partial charge in [-0.1, -0.05) is 173 Å². The van der Waals surface area contributed by atoms with Crippen LogP contribution in [0.15, 0.2) is 255 Å². The smallest absolute Gasteiger partial charge is 0.147 e. The molecule has 0 saturated heterocycles. The Morgan fingerprint density at radius 3 is 1.05 bits per heavy atom. The fourth-order valence-corrected chi connectivity index (χ4v) is 14.5. The third kappa shape index (κ3) is 6.63. The molecular weight excluding hydrogens is 1010 g/mol. The molecule has 16 rings (SSSR count). The van der Waals surface area contributed by atoms with Gasteiger partial charge in [0.05, 0.1) is 34.1 Å². The van der Waals surface area contributed by atoms with Crippen LogP contribution in [0.2, 0.25) is 0 Å². The fraction of sp³-hybridized carbons (Fsp3) is 0.0789. The summed E-state index contributed by atoms with van der Waals surface area (Å²) in [6.07, 6.45) is 0. The van der Waals surface area contributed by atoms with E-state index in [1.54, 1.807) is 24.3 Å². The topological polar surface area (TPSA) is 13.0 Å². The van der Waals surface area contributed by atoms with Crippen molar-refractivity contribution in [2.45, 2.75) is 38.5 Å². The summed E-state index contributed by atoms with van der Waals surface area (Å²) in [6.45, 7) is 9.57. The maximum Gasteiger partial charge on any atom is 0.147 e. The molecule has 392 valence electrons. The van der Waals surface area contributed by atoms with Crippen LogP contribution in [0.1, 0.15) is 49.9 Å². The Bertz CT molecular complexity index is 4320. The number of hydrogen-bond acceptors (Lipinski definition) is 4. The summed E-state index contributed by atoms with van der Waals surface area (Å²) in [6, 6.07) is 87.8. The van der Waals surface area contributed by atoms with E-state index in [4.69, 9.17) is 0 Å². The quantitative estimate of drug-likeness (QED) is 0.150.